The highest BCUT2D eigenvalue weighted by molar-refractivity contribution is 5.84. The molecule has 0 aliphatic carbocycles. The Morgan fingerprint density at radius 1 is 1.13 bits per heavy atom. The van der Waals surface area contributed by atoms with Gasteiger partial charge in [0.15, 0.2) is 0 Å². The van der Waals surface area contributed by atoms with Crippen LogP contribution in [0.1, 0.15) is 18.9 Å². The van der Waals surface area contributed by atoms with Gasteiger partial charge in [0.1, 0.15) is 0 Å². The Bertz CT molecular complexity index is 1150. The van der Waals surface area contributed by atoms with E-state index >= 15 is 0 Å². The summed E-state index contributed by atoms with van der Waals surface area (Å²) in [5.74, 6) is 0.627. The topological polar surface area (TPSA) is 66.8 Å². The minimum atomic E-state index is 0.214. The smallest absolute Gasteiger partial charge is 0.227 e. The van der Waals surface area contributed by atoms with Crippen molar-refractivity contribution in [1.29, 1.82) is 0 Å². The molecule has 1 saturated heterocycles. The van der Waals surface area contributed by atoms with Crippen molar-refractivity contribution in [3.05, 3.63) is 72.7 Å². The quantitative estimate of drug-likeness (QED) is 0.553. The van der Waals surface area contributed by atoms with E-state index in [1.54, 1.807) is 0 Å². The summed E-state index contributed by atoms with van der Waals surface area (Å²) in [5.41, 5.74) is 4.40. The van der Waals surface area contributed by atoms with E-state index in [-0.39, 0.29) is 11.9 Å². The third-order valence-electron chi connectivity index (χ3n) is 6.08. The molecule has 0 bridgehead atoms. The van der Waals surface area contributed by atoms with Crippen LogP contribution >= 0.6 is 0 Å². The number of nitrogens with zero attached hydrogens (tertiary/aromatic N) is 4. The molecule has 0 unspecified atom stereocenters. The van der Waals surface area contributed by atoms with Crippen molar-refractivity contribution in [3.8, 4) is 11.1 Å². The summed E-state index contributed by atoms with van der Waals surface area (Å²) in [7, 11) is 0. The Morgan fingerprint density at radius 2 is 2.00 bits per heavy atom. The maximum Gasteiger partial charge on any atom is 0.227 e. The van der Waals surface area contributed by atoms with E-state index < -0.39 is 0 Å². The summed E-state index contributed by atoms with van der Waals surface area (Å²) in [6.45, 7) is 3.77. The van der Waals surface area contributed by atoms with Crippen LogP contribution in [-0.2, 0) is 17.8 Å². The number of rotatable bonds is 5. The zero-order chi connectivity index (χ0) is 20.5. The van der Waals surface area contributed by atoms with Crippen molar-refractivity contribution in [3.63, 3.8) is 0 Å². The number of fused-ring (bicyclic) bond motifs is 1. The number of likely N-dealkylation sites (tertiary alicyclic amines) is 1. The van der Waals surface area contributed by atoms with Crippen LogP contribution in [0.25, 0.3) is 22.0 Å². The van der Waals surface area contributed by atoms with Crippen molar-refractivity contribution in [1.82, 2.24) is 24.9 Å². The molecule has 152 valence electrons. The van der Waals surface area contributed by atoms with Gasteiger partial charge in [-0.25, -0.2) is 0 Å². The highest BCUT2D eigenvalue weighted by atomic mass is 16.2. The highest BCUT2D eigenvalue weighted by Crippen LogP contribution is 2.28. The van der Waals surface area contributed by atoms with Gasteiger partial charge in [-0.15, -0.1) is 0 Å². The first-order valence-corrected chi connectivity index (χ1v) is 10.5. The Kier molecular flexibility index (Phi) is 4.83. The lowest BCUT2D eigenvalue weighted by atomic mass is 10.1. The first-order chi connectivity index (χ1) is 14.7. The van der Waals surface area contributed by atoms with Crippen LogP contribution in [0.5, 0.6) is 0 Å². The van der Waals surface area contributed by atoms with Crippen LogP contribution in [0.2, 0.25) is 0 Å². The first kappa shape index (κ1) is 18.6. The molecule has 3 heterocycles. The van der Waals surface area contributed by atoms with Crippen molar-refractivity contribution in [2.24, 2.45) is 5.92 Å². The van der Waals surface area contributed by atoms with Gasteiger partial charge in [0.05, 0.1) is 24.3 Å². The molecule has 1 N–H and O–H groups in total. The van der Waals surface area contributed by atoms with Gasteiger partial charge >= 0.3 is 0 Å². The van der Waals surface area contributed by atoms with E-state index in [2.05, 4.69) is 45.1 Å². The lowest BCUT2D eigenvalue weighted by Crippen LogP contribution is -2.35. The summed E-state index contributed by atoms with van der Waals surface area (Å²) < 4.78 is 2.08. The van der Waals surface area contributed by atoms with Gasteiger partial charge in [-0.2, -0.15) is 10.2 Å². The second-order valence-corrected chi connectivity index (χ2v) is 8.25. The lowest BCUT2D eigenvalue weighted by Gasteiger charge is -2.21. The molecule has 6 heteroatoms. The third kappa shape index (κ3) is 3.61. The Labute approximate surface area is 175 Å². The minimum absolute atomic E-state index is 0.214. The van der Waals surface area contributed by atoms with E-state index in [1.807, 2.05) is 53.8 Å². The van der Waals surface area contributed by atoms with E-state index in [0.29, 0.717) is 12.3 Å². The average Bonchev–Trinajstić information content (AvgIpc) is 3.49. The number of carbonyl (C=O) groups excluding carboxylic acids is 1. The molecule has 5 rings (SSSR count). The molecule has 0 spiro atoms. The molecule has 2 aromatic carbocycles. The number of aromatic nitrogens is 4. The summed E-state index contributed by atoms with van der Waals surface area (Å²) in [6, 6.07) is 16.6. The Balaban J connectivity index is 1.28. The number of hydrogen-bond acceptors (Lipinski definition) is 3. The van der Waals surface area contributed by atoms with Gasteiger partial charge < -0.3 is 4.90 Å². The standard InChI is InChI=1S/C24H25N5O/c1-17-9-19(15-28(17)24(30)10-18-5-3-2-4-6-18)16-29-23-8-7-20(11-21(23)14-27-29)22-12-25-26-13-22/h2-8,11-14,17,19H,9-10,15-16H2,1H3,(H,25,26)/t17-,19+/m1/s1. The van der Waals surface area contributed by atoms with Crippen LogP contribution in [0.15, 0.2) is 67.1 Å². The molecule has 30 heavy (non-hydrogen) atoms. The summed E-state index contributed by atoms with van der Waals surface area (Å²) >= 11 is 0. The first-order valence-electron chi connectivity index (χ1n) is 10.5. The largest absolute Gasteiger partial charge is 0.339 e. The van der Waals surface area contributed by atoms with E-state index in [9.17, 15) is 4.79 Å². The molecule has 2 aromatic heterocycles. The zero-order valence-corrected chi connectivity index (χ0v) is 17.0. The molecule has 2 atom stereocenters. The summed E-state index contributed by atoms with van der Waals surface area (Å²) in [6.07, 6.45) is 7.13. The summed E-state index contributed by atoms with van der Waals surface area (Å²) in [5, 5.41) is 12.6. The molecule has 0 saturated carbocycles. The Morgan fingerprint density at radius 3 is 2.80 bits per heavy atom. The highest BCUT2D eigenvalue weighted by Gasteiger charge is 2.32. The number of hydrogen-bond donors (Lipinski definition) is 1. The van der Waals surface area contributed by atoms with Gasteiger partial charge in [0, 0.05) is 36.3 Å². The van der Waals surface area contributed by atoms with E-state index in [0.717, 1.165) is 47.1 Å². The lowest BCUT2D eigenvalue weighted by molar-refractivity contribution is -0.131. The van der Waals surface area contributed by atoms with Gasteiger partial charge in [0.2, 0.25) is 5.91 Å². The molecular formula is C24H25N5O. The molecule has 6 nitrogen and oxygen atoms in total. The SMILES string of the molecule is C[C@@H]1C[C@H](Cn2ncc3cc(-c4cn[nH]c4)ccc32)CN1C(=O)Cc1ccccc1. The van der Waals surface area contributed by atoms with E-state index in [1.165, 1.54) is 0 Å². The second-order valence-electron chi connectivity index (χ2n) is 8.25. The average molecular weight is 399 g/mol. The fourth-order valence-electron chi connectivity index (χ4n) is 4.56. The molecule has 0 radical (unpaired) electrons. The van der Waals surface area contributed by atoms with Crippen LogP contribution in [0, 0.1) is 5.92 Å². The van der Waals surface area contributed by atoms with E-state index in [4.69, 9.17) is 0 Å². The maximum atomic E-state index is 12.8. The number of nitrogens with one attached hydrogen (secondary N) is 1. The van der Waals surface area contributed by atoms with Gasteiger partial charge in [0.25, 0.3) is 0 Å². The Hall–Kier alpha value is -3.41. The summed E-state index contributed by atoms with van der Waals surface area (Å²) in [4.78, 5) is 14.9. The van der Waals surface area contributed by atoms with Gasteiger partial charge in [-0.3, -0.25) is 14.6 Å². The molecule has 1 aliphatic rings. The number of carbonyl (C=O) groups is 1. The normalized spacial score (nSPS) is 18.9. The van der Waals surface area contributed by atoms with Crippen molar-refractivity contribution in [2.45, 2.75) is 32.4 Å². The molecular weight excluding hydrogens is 374 g/mol. The van der Waals surface area contributed by atoms with Crippen LogP contribution in [0.3, 0.4) is 0 Å². The van der Waals surface area contributed by atoms with Crippen LogP contribution < -0.4 is 0 Å². The minimum Gasteiger partial charge on any atom is -0.339 e. The predicted molar refractivity (Wildman–Crippen MR) is 117 cm³/mol. The number of aromatic amines is 1. The number of H-pyrrole nitrogens is 1. The van der Waals surface area contributed by atoms with Crippen molar-refractivity contribution >= 4 is 16.8 Å². The third-order valence-corrected chi connectivity index (χ3v) is 6.08. The fraction of sp³-hybridized carbons (Fsp3) is 0.292. The maximum absolute atomic E-state index is 12.8. The fourth-order valence-corrected chi connectivity index (χ4v) is 4.56. The van der Waals surface area contributed by atoms with Gasteiger partial charge in [-0.05, 0) is 42.5 Å². The molecule has 4 aromatic rings. The number of amides is 1. The second kappa shape index (κ2) is 7.78. The number of benzene rings is 2. The molecule has 1 amide bonds. The van der Waals surface area contributed by atoms with Crippen LogP contribution in [-0.4, -0.2) is 43.4 Å². The zero-order valence-electron chi connectivity index (χ0n) is 17.0. The predicted octanol–water partition coefficient (Wildman–Crippen LogP) is 3.91. The molecule has 1 fully saturated rings. The van der Waals surface area contributed by atoms with Crippen LogP contribution in [0.4, 0.5) is 0 Å². The monoisotopic (exact) mass is 399 g/mol. The van der Waals surface area contributed by atoms with Gasteiger partial charge in [-0.1, -0.05) is 36.4 Å². The van der Waals surface area contributed by atoms with Crippen molar-refractivity contribution in [2.75, 3.05) is 6.54 Å². The van der Waals surface area contributed by atoms with Crippen molar-refractivity contribution < 1.29 is 4.79 Å². The molecule has 1 aliphatic heterocycles.